The van der Waals surface area contributed by atoms with E-state index in [9.17, 15) is 4.57 Å². The maximum absolute atomic E-state index is 12.6. The third-order valence-electron chi connectivity index (χ3n) is 4.92. The molecule has 28 heavy (non-hydrogen) atoms. The molecule has 0 radical (unpaired) electrons. The third kappa shape index (κ3) is 3.19. The topological polar surface area (TPSA) is 63.9 Å². The number of hydrogen-bond donors (Lipinski definition) is 0. The van der Waals surface area contributed by atoms with Crippen molar-refractivity contribution in [2.24, 2.45) is 9.98 Å². The van der Waals surface area contributed by atoms with Crippen LogP contribution in [0, 0.1) is 0 Å². The second-order valence-corrected chi connectivity index (χ2v) is 8.05. The van der Waals surface area contributed by atoms with Crippen molar-refractivity contribution in [3.63, 3.8) is 0 Å². The molecule has 0 spiro atoms. The highest BCUT2D eigenvalue weighted by Crippen LogP contribution is 2.40. The van der Waals surface area contributed by atoms with Crippen molar-refractivity contribution in [3.8, 4) is 0 Å². The van der Waals surface area contributed by atoms with Gasteiger partial charge in [-0.2, -0.15) is 0 Å². The number of rotatable bonds is 5. The van der Waals surface area contributed by atoms with Crippen LogP contribution >= 0.6 is 8.03 Å². The lowest BCUT2D eigenvalue weighted by atomic mass is 9.97. The van der Waals surface area contributed by atoms with E-state index in [1.54, 1.807) is 12.4 Å². The summed E-state index contributed by atoms with van der Waals surface area (Å²) in [7, 11) is -1.95. The number of nitrogens with zero attached hydrogens (tertiary/aromatic N) is 3. The minimum atomic E-state index is -1.95. The van der Waals surface area contributed by atoms with Gasteiger partial charge in [-0.3, -0.25) is 9.98 Å². The molecule has 0 N–H and O–H groups in total. The molecule has 0 fully saturated rings. The Bertz CT molecular complexity index is 1130. The number of fused-ring (bicyclic) bond motifs is 2. The van der Waals surface area contributed by atoms with Gasteiger partial charge in [0, 0.05) is 23.5 Å². The number of benzene rings is 2. The fourth-order valence-electron chi connectivity index (χ4n) is 3.52. The van der Waals surface area contributed by atoms with E-state index in [1.807, 2.05) is 42.5 Å². The van der Waals surface area contributed by atoms with Crippen LogP contribution in [0.5, 0.6) is 0 Å². The number of hydrogen-bond acceptors (Lipinski definition) is 5. The fourth-order valence-corrected chi connectivity index (χ4v) is 4.43. The third-order valence-corrected chi connectivity index (χ3v) is 5.96. The summed E-state index contributed by atoms with van der Waals surface area (Å²) in [5, 5.41) is 0. The van der Waals surface area contributed by atoms with Gasteiger partial charge in [0.15, 0.2) is 0 Å². The van der Waals surface area contributed by atoms with Crippen molar-refractivity contribution in [1.29, 1.82) is 0 Å². The summed E-state index contributed by atoms with van der Waals surface area (Å²) in [6.07, 6.45) is 4.11. The quantitative estimate of drug-likeness (QED) is 0.581. The molecule has 3 heterocycles. The van der Waals surface area contributed by atoms with E-state index in [0.29, 0.717) is 25.0 Å². The fraction of sp³-hybridized carbons (Fsp3) is 0.136. The van der Waals surface area contributed by atoms with Crippen molar-refractivity contribution < 1.29 is 9.09 Å². The molecule has 1 unspecified atom stereocenters. The predicted octanol–water partition coefficient (Wildman–Crippen LogP) is 4.98. The largest absolute Gasteiger partial charge is 0.565 e. The zero-order valence-electron chi connectivity index (χ0n) is 15.1. The van der Waals surface area contributed by atoms with Crippen LogP contribution in [0.1, 0.15) is 27.8 Å². The summed E-state index contributed by atoms with van der Waals surface area (Å²) in [6, 6.07) is 17.9. The van der Waals surface area contributed by atoms with Crippen LogP contribution in [0.2, 0.25) is 0 Å². The minimum Gasteiger partial charge on any atom is -0.279 e. The molecule has 0 saturated carbocycles. The lowest BCUT2D eigenvalue weighted by Crippen LogP contribution is -2.01. The molecule has 6 heteroatoms. The monoisotopic (exact) mass is 386 g/mol. The van der Waals surface area contributed by atoms with Gasteiger partial charge in [-0.25, -0.2) is 4.99 Å². The van der Waals surface area contributed by atoms with Gasteiger partial charge < -0.3 is 0 Å². The van der Waals surface area contributed by atoms with Gasteiger partial charge in [0.25, 0.3) is 5.45 Å². The first kappa shape index (κ1) is 17.1. The Balaban J connectivity index is 1.36. The molecular weight excluding hydrogens is 369 g/mol. The Morgan fingerprint density at radius 1 is 1.00 bits per heavy atom. The van der Waals surface area contributed by atoms with E-state index >= 15 is 0 Å². The molecule has 1 atom stereocenters. The maximum Gasteiger partial charge on any atom is 0.565 e. The second-order valence-electron chi connectivity index (χ2n) is 6.76. The number of aromatic nitrogens is 1. The first-order valence-electron chi connectivity index (χ1n) is 9.10. The molecule has 2 aliphatic rings. The van der Waals surface area contributed by atoms with Crippen LogP contribution in [0.25, 0.3) is 0 Å². The standard InChI is InChI=1S/C22H17N3O2P/c26-28(27-14-15-4-2-1-3-5-15)21-11-17-10-18-13-24-22(16-6-8-23-9-7-16)19(18)12-20(17)25-21/h1-10,12H,11,13-14H2/q+1. The van der Waals surface area contributed by atoms with E-state index in [0.717, 1.165) is 33.7 Å². The molecule has 1 aromatic heterocycles. The van der Waals surface area contributed by atoms with Crippen LogP contribution in [0.15, 0.2) is 77.0 Å². The van der Waals surface area contributed by atoms with Gasteiger partial charge >= 0.3 is 8.03 Å². The summed E-state index contributed by atoms with van der Waals surface area (Å²) in [4.78, 5) is 13.4. The van der Waals surface area contributed by atoms with Gasteiger partial charge in [0.2, 0.25) is 0 Å². The van der Waals surface area contributed by atoms with E-state index < -0.39 is 8.03 Å². The molecule has 2 aromatic carbocycles. The zero-order valence-corrected chi connectivity index (χ0v) is 16.0. The van der Waals surface area contributed by atoms with Crippen molar-refractivity contribution in [1.82, 2.24) is 4.98 Å². The Morgan fingerprint density at radius 3 is 2.64 bits per heavy atom. The number of pyridine rings is 1. The highest BCUT2D eigenvalue weighted by Gasteiger charge is 2.34. The van der Waals surface area contributed by atoms with Gasteiger partial charge in [0.1, 0.15) is 6.61 Å². The molecule has 0 saturated heterocycles. The van der Waals surface area contributed by atoms with Gasteiger partial charge in [-0.15, -0.1) is 4.52 Å². The van der Waals surface area contributed by atoms with Crippen LogP contribution in [-0.2, 0) is 28.7 Å². The highest BCUT2D eigenvalue weighted by atomic mass is 31.1. The van der Waals surface area contributed by atoms with Crippen LogP contribution in [0.3, 0.4) is 0 Å². The Kier molecular flexibility index (Phi) is 4.40. The van der Waals surface area contributed by atoms with Crippen LogP contribution in [-0.4, -0.2) is 16.1 Å². The lowest BCUT2D eigenvalue weighted by Gasteiger charge is -2.06. The minimum absolute atomic E-state index is 0.320. The van der Waals surface area contributed by atoms with Crippen LogP contribution in [0.4, 0.5) is 5.69 Å². The summed E-state index contributed by atoms with van der Waals surface area (Å²) in [5.41, 5.74) is 7.85. The molecule has 3 aromatic rings. The van der Waals surface area contributed by atoms with Gasteiger partial charge in [-0.1, -0.05) is 36.4 Å². The molecule has 5 nitrogen and oxygen atoms in total. The molecule has 0 bridgehead atoms. The smallest absolute Gasteiger partial charge is 0.279 e. The van der Waals surface area contributed by atoms with Crippen molar-refractivity contribution in [2.75, 3.05) is 0 Å². The Labute approximate surface area is 163 Å². The van der Waals surface area contributed by atoms with E-state index in [1.165, 1.54) is 5.56 Å². The normalized spacial score (nSPS) is 14.9. The van der Waals surface area contributed by atoms with E-state index in [2.05, 4.69) is 27.1 Å². The number of aliphatic imine (C=N–C) groups is 2. The first-order chi connectivity index (χ1) is 13.8. The van der Waals surface area contributed by atoms with Crippen molar-refractivity contribution in [3.05, 3.63) is 94.8 Å². The summed E-state index contributed by atoms with van der Waals surface area (Å²) in [5.74, 6) is 0. The van der Waals surface area contributed by atoms with Crippen LogP contribution < -0.4 is 0 Å². The van der Waals surface area contributed by atoms with E-state index in [4.69, 9.17) is 4.52 Å². The van der Waals surface area contributed by atoms with Crippen molar-refractivity contribution >= 4 is 24.9 Å². The molecular formula is C22H17N3O2P+. The average molecular weight is 386 g/mol. The SMILES string of the molecule is O=[P+](OCc1ccccc1)C1=Nc2cc3c(cc2C1)CN=C3c1ccncc1. The molecule has 2 aliphatic heterocycles. The highest BCUT2D eigenvalue weighted by molar-refractivity contribution is 7.59. The average Bonchev–Trinajstić information content (AvgIpc) is 3.35. The van der Waals surface area contributed by atoms with Crippen molar-refractivity contribution in [2.45, 2.75) is 19.6 Å². The maximum atomic E-state index is 12.6. The van der Waals surface area contributed by atoms with Gasteiger partial charge in [-0.05, 0) is 39.5 Å². The Hall–Kier alpha value is -3.01. The molecule has 136 valence electrons. The van der Waals surface area contributed by atoms with E-state index in [-0.39, 0.29) is 0 Å². The predicted molar refractivity (Wildman–Crippen MR) is 110 cm³/mol. The van der Waals surface area contributed by atoms with Gasteiger partial charge in [0.05, 0.1) is 24.4 Å². The second kappa shape index (κ2) is 7.19. The molecule has 5 rings (SSSR count). The molecule has 0 amide bonds. The molecule has 0 aliphatic carbocycles. The first-order valence-corrected chi connectivity index (χ1v) is 10.3. The summed E-state index contributed by atoms with van der Waals surface area (Å²) < 4.78 is 18.2. The summed E-state index contributed by atoms with van der Waals surface area (Å²) in [6.45, 7) is 0.979. The zero-order chi connectivity index (χ0) is 18.9. The Morgan fingerprint density at radius 2 is 1.82 bits per heavy atom. The lowest BCUT2D eigenvalue weighted by molar-refractivity contribution is 0.326. The summed E-state index contributed by atoms with van der Waals surface area (Å²) >= 11 is 0.